The zero-order valence-electron chi connectivity index (χ0n) is 19.7. The molecule has 11 nitrogen and oxygen atoms in total. The maximum absolute atomic E-state index is 13.2. The third-order valence-corrected chi connectivity index (χ3v) is 5.58. The van der Waals surface area contributed by atoms with Gasteiger partial charge in [0.1, 0.15) is 6.61 Å². The molecule has 0 radical (unpaired) electrons. The predicted octanol–water partition coefficient (Wildman–Crippen LogP) is 3.03. The van der Waals surface area contributed by atoms with Gasteiger partial charge in [0, 0.05) is 25.6 Å². The lowest BCUT2D eigenvalue weighted by molar-refractivity contribution is -0.384. The number of carbonyl (C=O) groups excluding carboxylic acids is 2. The monoisotopic (exact) mass is 471 g/mol. The Balaban J connectivity index is 2.23. The van der Waals surface area contributed by atoms with Gasteiger partial charge in [-0.15, -0.1) is 0 Å². The molecular weight excluding hydrogens is 442 g/mol. The zero-order chi connectivity index (χ0) is 24.8. The average molecular weight is 472 g/mol. The molecular formula is C23H29N5O6. The van der Waals surface area contributed by atoms with Crippen molar-refractivity contribution in [3.8, 4) is 0 Å². The largest absolute Gasteiger partial charge is 0.463 e. The number of nitrogens with zero attached hydrogens (tertiary/aromatic N) is 4. The number of benzene rings is 1. The number of nitrogens with one attached hydrogen (secondary N) is 1. The van der Waals surface area contributed by atoms with Gasteiger partial charge in [-0.25, -0.2) is 9.78 Å². The molecule has 0 spiro atoms. The van der Waals surface area contributed by atoms with Crippen molar-refractivity contribution < 1.29 is 24.0 Å². The van der Waals surface area contributed by atoms with Gasteiger partial charge in [-0.05, 0) is 25.6 Å². The molecule has 0 aliphatic carbocycles. The number of aromatic nitrogens is 2. The summed E-state index contributed by atoms with van der Waals surface area (Å²) in [5, 5.41) is 14.6. The van der Waals surface area contributed by atoms with Crippen LogP contribution in [0.15, 0.2) is 41.7 Å². The predicted molar refractivity (Wildman–Crippen MR) is 124 cm³/mol. The van der Waals surface area contributed by atoms with E-state index in [1.54, 1.807) is 25.3 Å². The number of carbonyl (C=O) groups is 2. The molecule has 1 unspecified atom stereocenters. The molecule has 1 aliphatic rings. The maximum atomic E-state index is 13.2. The fourth-order valence-electron chi connectivity index (χ4n) is 3.92. The van der Waals surface area contributed by atoms with E-state index in [0.29, 0.717) is 23.8 Å². The second-order valence-corrected chi connectivity index (χ2v) is 7.68. The van der Waals surface area contributed by atoms with Crippen molar-refractivity contribution in [3.63, 3.8) is 0 Å². The standard InChI is InChI=1S/C23H29N5O6/c1-5-26(6-2)13-18-12-24-23-25-19(14-34-15(4)29)20(22(30)33-7-3)21(27(18)23)16-9-8-10-17(11-16)28(31)32/h8-12,21H,5-7,13-14H2,1-4H3,(H,24,25). The molecule has 34 heavy (non-hydrogen) atoms. The van der Waals surface area contributed by atoms with E-state index in [0.717, 1.165) is 18.8 Å². The summed E-state index contributed by atoms with van der Waals surface area (Å²) in [6.07, 6.45) is 1.71. The molecule has 0 saturated carbocycles. The van der Waals surface area contributed by atoms with Crippen molar-refractivity contribution in [1.29, 1.82) is 0 Å². The zero-order valence-corrected chi connectivity index (χ0v) is 19.7. The van der Waals surface area contributed by atoms with E-state index in [1.807, 2.05) is 4.57 Å². The highest BCUT2D eigenvalue weighted by atomic mass is 16.6. The fourth-order valence-corrected chi connectivity index (χ4v) is 3.92. The lowest BCUT2D eigenvalue weighted by Crippen LogP contribution is -2.33. The van der Waals surface area contributed by atoms with E-state index in [-0.39, 0.29) is 24.5 Å². The molecule has 0 bridgehead atoms. The molecule has 11 heteroatoms. The topological polar surface area (TPSA) is 129 Å². The fraction of sp³-hybridized carbons (Fsp3) is 0.435. The molecule has 0 saturated heterocycles. The SMILES string of the molecule is CCOC(=O)C1=C(COC(C)=O)Nc2ncc(CN(CC)CC)n2C1c1cccc([N+](=O)[O-])c1. The second kappa shape index (κ2) is 10.9. The molecule has 1 aliphatic heterocycles. The molecule has 2 heterocycles. The Morgan fingerprint density at radius 1 is 1.24 bits per heavy atom. The van der Waals surface area contributed by atoms with E-state index in [9.17, 15) is 19.7 Å². The van der Waals surface area contributed by atoms with Crippen molar-refractivity contribution in [2.45, 2.75) is 40.3 Å². The first-order valence-electron chi connectivity index (χ1n) is 11.1. The average Bonchev–Trinajstić information content (AvgIpc) is 3.22. The van der Waals surface area contributed by atoms with Gasteiger partial charge in [0.2, 0.25) is 5.95 Å². The summed E-state index contributed by atoms with van der Waals surface area (Å²) in [4.78, 5) is 42.4. The summed E-state index contributed by atoms with van der Waals surface area (Å²) in [5.74, 6) is -0.684. The molecule has 0 fully saturated rings. The number of esters is 2. The van der Waals surface area contributed by atoms with Crippen LogP contribution in [0.1, 0.15) is 45.0 Å². The van der Waals surface area contributed by atoms with E-state index in [2.05, 4.69) is 29.0 Å². The quantitative estimate of drug-likeness (QED) is 0.316. The van der Waals surface area contributed by atoms with Crippen LogP contribution in [-0.4, -0.2) is 57.6 Å². The van der Waals surface area contributed by atoms with Gasteiger partial charge in [-0.1, -0.05) is 26.0 Å². The Morgan fingerprint density at radius 3 is 2.59 bits per heavy atom. The first-order valence-corrected chi connectivity index (χ1v) is 11.1. The van der Waals surface area contributed by atoms with E-state index >= 15 is 0 Å². The van der Waals surface area contributed by atoms with Crippen molar-refractivity contribution in [3.05, 3.63) is 63.1 Å². The molecule has 0 amide bonds. The lowest BCUT2D eigenvalue weighted by atomic mass is 9.94. The summed E-state index contributed by atoms with van der Waals surface area (Å²) >= 11 is 0. The Morgan fingerprint density at radius 2 is 1.97 bits per heavy atom. The first kappa shape index (κ1) is 24.9. The van der Waals surface area contributed by atoms with Crippen LogP contribution in [-0.2, 0) is 25.6 Å². The number of nitro benzene ring substituents is 1. The smallest absolute Gasteiger partial charge is 0.338 e. The molecule has 2 aromatic rings. The number of non-ortho nitro benzene ring substituents is 1. The summed E-state index contributed by atoms with van der Waals surface area (Å²) < 4.78 is 12.4. The summed E-state index contributed by atoms with van der Waals surface area (Å²) in [5.41, 5.74) is 1.75. The number of fused-ring (bicyclic) bond motifs is 1. The normalized spacial score (nSPS) is 15.0. The van der Waals surface area contributed by atoms with Gasteiger partial charge < -0.3 is 19.4 Å². The van der Waals surface area contributed by atoms with Crippen molar-refractivity contribution in [2.24, 2.45) is 0 Å². The Bertz CT molecular complexity index is 1110. The summed E-state index contributed by atoms with van der Waals surface area (Å²) in [6, 6.07) is 5.35. The van der Waals surface area contributed by atoms with Gasteiger partial charge in [-0.3, -0.25) is 19.8 Å². The van der Waals surface area contributed by atoms with Gasteiger partial charge in [-0.2, -0.15) is 0 Å². The number of hydrogen-bond acceptors (Lipinski definition) is 9. The van der Waals surface area contributed by atoms with Crippen LogP contribution < -0.4 is 5.32 Å². The molecule has 182 valence electrons. The van der Waals surface area contributed by atoms with Crippen molar-refractivity contribution in [2.75, 3.05) is 31.6 Å². The number of ether oxygens (including phenoxy) is 2. The van der Waals surface area contributed by atoms with Crippen molar-refractivity contribution in [1.82, 2.24) is 14.5 Å². The van der Waals surface area contributed by atoms with E-state index < -0.39 is 22.9 Å². The third-order valence-electron chi connectivity index (χ3n) is 5.58. The molecule has 1 aromatic carbocycles. The van der Waals surface area contributed by atoms with Crippen LogP contribution in [0.3, 0.4) is 0 Å². The summed E-state index contributed by atoms with van der Waals surface area (Å²) in [7, 11) is 0. The van der Waals surface area contributed by atoms with Crippen LogP contribution in [0, 0.1) is 10.1 Å². The highest BCUT2D eigenvalue weighted by Crippen LogP contribution is 2.39. The Kier molecular flexibility index (Phi) is 8.00. The number of anilines is 1. The number of rotatable bonds is 10. The van der Waals surface area contributed by atoms with Crippen LogP contribution in [0.4, 0.5) is 11.6 Å². The number of nitro groups is 1. The van der Waals surface area contributed by atoms with Gasteiger partial charge in [0.15, 0.2) is 0 Å². The minimum atomic E-state index is -0.770. The van der Waals surface area contributed by atoms with Gasteiger partial charge in [0.25, 0.3) is 5.69 Å². The summed E-state index contributed by atoms with van der Waals surface area (Å²) in [6.45, 7) is 9.17. The lowest BCUT2D eigenvalue weighted by Gasteiger charge is -2.32. The minimum absolute atomic E-state index is 0.104. The molecule has 1 N–H and O–H groups in total. The molecule has 3 rings (SSSR count). The van der Waals surface area contributed by atoms with Crippen molar-refractivity contribution >= 4 is 23.6 Å². The van der Waals surface area contributed by atoms with E-state index in [1.165, 1.54) is 19.1 Å². The molecule has 1 aromatic heterocycles. The van der Waals surface area contributed by atoms with Crippen LogP contribution in [0.25, 0.3) is 0 Å². The minimum Gasteiger partial charge on any atom is -0.463 e. The second-order valence-electron chi connectivity index (χ2n) is 7.68. The number of imidazole rings is 1. The van der Waals surface area contributed by atoms with Gasteiger partial charge >= 0.3 is 11.9 Å². The van der Waals surface area contributed by atoms with E-state index in [4.69, 9.17) is 9.47 Å². The Hall–Kier alpha value is -3.73. The Labute approximate surface area is 197 Å². The maximum Gasteiger partial charge on any atom is 0.338 e. The van der Waals surface area contributed by atoms with Gasteiger partial charge in [0.05, 0.1) is 40.7 Å². The highest BCUT2D eigenvalue weighted by Gasteiger charge is 2.37. The third kappa shape index (κ3) is 5.25. The van der Waals surface area contributed by atoms with Crippen LogP contribution >= 0.6 is 0 Å². The number of hydrogen-bond donors (Lipinski definition) is 1. The molecule has 1 atom stereocenters. The highest BCUT2D eigenvalue weighted by molar-refractivity contribution is 5.93. The van der Waals surface area contributed by atoms with Crippen LogP contribution in [0.5, 0.6) is 0 Å². The first-order chi connectivity index (χ1) is 16.3. The van der Waals surface area contributed by atoms with Crippen LogP contribution in [0.2, 0.25) is 0 Å².